The minimum Gasteiger partial charge on any atom is -0.467 e. The van der Waals surface area contributed by atoms with Crippen molar-refractivity contribution < 1.29 is 19.1 Å². The monoisotopic (exact) mass is 546 g/mol. The molecular formula is C30H38N6O4. The third-order valence-corrected chi connectivity index (χ3v) is 6.78. The quantitative estimate of drug-likeness (QED) is 0.392. The number of benzene rings is 1. The number of hydrogen-bond acceptors (Lipinski definition) is 7. The molecule has 1 fully saturated rings. The number of nitrogens with one attached hydrogen (secondary N) is 2. The van der Waals surface area contributed by atoms with Crippen LogP contribution >= 0.6 is 0 Å². The van der Waals surface area contributed by atoms with Crippen molar-refractivity contribution in [2.45, 2.75) is 77.1 Å². The van der Waals surface area contributed by atoms with Crippen LogP contribution in [0.1, 0.15) is 65.0 Å². The first-order valence-electron chi connectivity index (χ1n) is 13.6. The number of urea groups is 1. The molecule has 40 heavy (non-hydrogen) atoms. The first kappa shape index (κ1) is 28.8. The van der Waals surface area contributed by atoms with Gasteiger partial charge in [0.1, 0.15) is 11.4 Å². The molecule has 1 aliphatic rings. The predicted octanol–water partition coefficient (Wildman–Crippen LogP) is 5.66. The summed E-state index contributed by atoms with van der Waals surface area (Å²) < 4.78 is 10.5. The Labute approximate surface area is 235 Å². The topological polar surface area (TPSA) is 119 Å². The van der Waals surface area contributed by atoms with E-state index in [2.05, 4.69) is 25.6 Å². The summed E-state index contributed by atoms with van der Waals surface area (Å²) in [6.07, 6.45) is 7.53. The van der Waals surface area contributed by atoms with E-state index >= 15 is 0 Å². The first-order chi connectivity index (χ1) is 19.1. The van der Waals surface area contributed by atoms with Crippen LogP contribution in [0.4, 0.5) is 15.4 Å². The number of carbonyl (C=O) groups excluding carboxylic acids is 2. The van der Waals surface area contributed by atoms with Crippen molar-refractivity contribution in [3.63, 3.8) is 0 Å². The van der Waals surface area contributed by atoms with Crippen molar-refractivity contribution >= 4 is 17.9 Å². The van der Waals surface area contributed by atoms with E-state index in [9.17, 15) is 9.59 Å². The van der Waals surface area contributed by atoms with E-state index in [1.807, 2.05) is 70.2 Å². The summed E-state index contributed by atoms with van der Waals surface area (Å²) in [5, 5.41) is 6.12. The van der Waals surface area contributed by atoms with Crippen LogP contribution in [0.3, 0.4) is 0 Å². The number of carbonyl (C=O) groups is 2. The van der Waals surface area contributed by atoms with Crippen molar-refractivity contribution in [2.24, 2.45) is 0 Å². The average Bonchev–Trinajstić information content (AvgIpc) is 2.94. The molecule has 1 aliphatic carbocycles. The van der Waals surface area contributed by atoms with Gasteiger partial charge in [0.25, 0.3) is 0 Å². The number of amides is 3. The molecule has 2 N–H and O–H groups in total. The van der Waals surface area contributed by atoms with Gasteiger partial charge < -0.3 is 20.1 Å². The standard InChI is InChI=1S/C30H38N6O4/c1-20(21-9-7-6-8-10-21)34-28(37)36(25-14-12-24(13-15-25)35-29(38)40-30(2,3)4)26-16-11-22(17-31-26)23-18-32-27(39-5)33-19-23/h6-11,16-20,24-25H,12-15H2,1-5H3,(H,34,37)(H,35,38)/t20-,24-,25-/m1/s1. The molecule has 1 saturated carbocycles. The second-order valence-corrected chi connectivity index (χ2v) is 11.0. The molecule has 3 aromatic rings. The maximum absolute atomic E-state index is 13.7. The Morgan fingerprint density at radius 1 is 0.925 bits per heavy atom. The number of alkyl carbamates (subject to hydrolysis) is 1. The van der Waals surface area contributed by atoms with Crippen molar-refractivity contribution in [3.8, 4) is 17.1 Å². The molecular weight excluding hydrogens is 508 g/mol. The van der Waals surface area contributed by atoms with Crippen molar-refractivity contribution in [1.29, 1.82) is 0 Å². The van der Waals surface area contributed by atoms with Gasteiger partial charge in [-0.1, -0.05) is 30.3 Å². The van der Waals surface area contributed by atoms with Crippen molar-refractivity contribution in [3.05, 3.63) is 66.6 Å². The van der Waals surface area contributed by atoms with Crippen LogP contribution in [0, 0.1) is 0 Å². The number of ether oxygens (including phenoxy) is 2. The number of aromatic nitrogens is 3. The fraction of sp³-hybridized carbons (Fsp3) is 0.433. The van der Waals surface area contributed by atoms with Crippen LogP contribution in [0.25, 0.3) is 11.1 Å². The van der Waals surface area contributed by atoms with Gasteiger partial charge in [0.15, 0.2) is 0 Å². The van der Waals surface area contributed by atoms with E-state index in [-0.39, 0.29) is 24.2 Å². The molecule has 1 aromatic carbocycles. The van der Waals surface area contributed by atoms with Crippen LogP contribution < -0.4 is 20.3 Å². The zero-order valence-electron chi connectivity index (χ0n) is 23.8. The number of anilines is 1. The van der Waals surface area contributed by atoms with Gasteiger partial charge >= 0.3 is 18.1 Å². The molecule has 3 amide bonds. The van der Waals surface area contributed by atoms with E-state index in [1.165, 1.54) is 7.11 Å². The first-order valence-corrected chi connectivity index (χ1v) is 13.6. The Morgan fingerprint density at radius 3 is 2.15 bits per heavy atom. The van der Waals surface area contributed by atoms with E-state index in [0.717, 1.165) is 29.5 Å². The number of pyridine rings is 1. The van der Waals surface area contributed by atoms with Gasteiger partial charge in [-0.25, -0.2) is 24.5 Å². The van der Waals surface area contributed by atoms with Gasteiger partial charge in [-0.15, -0.1) is 0 Å². The maximum atomic E-state index is 13.7. The Kier molecular flexibility index (Phi) is 9.19. The lowest BCUT2D eigenvalue weighted by atomic mass is 9.90. The van der Waals surface area contributed by atoms with E-state index < -0.39 is 11.7 Å². The highest BCUT2D eigenvalue weighted by atomic mass is 16.6. The summed E-state index contributed by atoms with van der Waals surface area (Å²) in [5.41, 5.74) is 2.09. The van der Waals surface area contributed by atoms with Gasteiger partial charge in [-0.05, 0) is 71.1 Å². The second kappa shape index (κ2) is 12.8. The lowest BCUT2D eigenvalue weighted by Gasteiger charge is -2.37. The summed E-state index contributed by atoms with van der Waals surface area (Å²) in [6.45, 7) is 7.50. The third-order valence-electron chi connectivity index (χ3n) is 6.78. The summed E-state index contributed by atoms with van der Waals surface area (Å²) in [4.78, 5) is 40.7. The van der Waals surface area contributed by atoms with Gasteiger partial charge in [-0.2, -0.15) is 0 Å². The molecule has 2 aromatic heterocycles. The molecule has 0 saturated heterocycles. The molecule has 0 unspecified atom stereocenters. The Morgan fingerprint density at radius 2 is 1.57 bits per heavy atom. The number of nitrogens with zero attached hydrogens (tertiary/aromatic N) is 4. The minimum absolute atomic E-state index is 0.00957. The number of methoxy groups -OCH3 is 1. The van der Waals surface area contributed by atoms with E-state index in [1.54, 1.807) is 23.5 Å². The fourth-order valence-corrected chi connectivity index (χ4v) is 4.76. The molecule has 0 radical (unpaired) electrons. The lowest BCUT2D eigenvalue weighted by molar-refractivity contribution is 0.0491. The molecule has 10 heteroatoms. The lowest BCUT2D eigenvalue weighted by Crippen LogP contribution is -2.51. The molecule has 0 bridgehead atoms. The van der Waals surface area contributed by atoms with Crippen LogP contribution in [-0.2, 0) is 4.74 Å². The van der Waals surface area contributed by atoms with Gasteiger partial charge in [-0.3, -0.25) is 4.90 Å². The second-order valence-electron chi connectivity index (χ2n) is 11.0. The summed E-state index contributed by atoms with van der Waals surface area (Å²) in [5.74, 6) is 0.555. The van der Waals surface area contributed by atoms with Crippen LogP contribution in [0.2, 0.25) is 0 Å². The Balaban J connectivity index is 1.50. The summed E-state index contributed by atoms with van der Waals surface area (Å²) in [7, 11) is 1.52. The Hall–Kier alpha value is -4.21. The molecule has 212 valence electrons. The molecule has 0 aliphatic heterocycles. The molecule has 2 heterocycles. The smallest absolute Gasteiger partial charge is 0.407 e. The fourth-order valence-electron chi connectivity index (χ4n) is 4.76. The van der Waals surface area contributed by atoms with Gasteiger partial charge in [0.2, 0.25) is 0 Å². The van der Waals surface area contributed by atoms with Gasteiger partial charge in [0, 0.05) is 41.8 Å². The highest BCUT2D eigenvalue weighted by molar-refractivity contribution is 5.92. The third kappa shape index (κ3) is 7.68. The van der Waals surface area contributed by atoms with Crippen LogP contribution in [0.15, 0.2) is 61.1 Å². The molecule has 10 nitrogen and oxygen atoms in total. The predicted molar refractivity (Wildman–Crippen MR) is 153 cm³/mol. The van der Waals surface area contributed by atoms with E-state index in [4.69, 9.17) is 9.47 Å². The van der Waals surface area contributed by atoms with Gasteiger partial charge in [0.05, 0.1) is 13.2 Å². The zero-order chi connectivity index (χ0) is 28.7. The van der Waals surface area contributed by atoms with Crippen molar-refractivity contribution in [2.75, 3.05) is 12.0 Å². The number of hydrogen-bond donors (Lipinski definition) is 2. The molecule has 4 rings (SSSR count). The highest BCUT2D eigenvalue weighted by Gasteiger charge is 2.32. The number of rotatable bonds is 7. The minimum atomic E-state index is -0.554. The van der Waals surface area contributed by atoms with Crippen molar-refractivity contribution in [1.82, 2.24) is 25.6 Å². The SMILES string of the molecule is COc1ncc(-c2ccc(N(C(=O)N[C@H](C)c3ccccc3)[C@H]3CC[C@H](NC(=O)OC(C)(C)C)CC3)nc2)cn1. The average molecular weight is 547 g/mol. The molecule has 0 spiro atoms. The highest BCUT2D eigenvalue weighted by Crippen LogP contribution is 2.29. The maximum Gasteiger partial charge on any atom is 0.407 e. The summed E-state index contributed by atoms with van der Waals surface area (Å²) >= 11 is 0. The zero-order valence-corrected chi connectivity index (χ0v) is 23.8. The van der Waals surface area contributed by atoms with E-state index in [0.29, 0.717) is 24.7 Å². The largest absolute Gasteiger partial charge is 0.467 e. The Bertz CT molecular complexity index is 1250. The summed E-state index contributed by atoms with van der Waals surface area (Å²) in [6, 6.07) is 13.4. The van der Waals surface area contributed by atoms with Crippen LogP contribution in [0.5, 0.6) is 6.01 Å². The van der Waals surface area contributed by atoms with Crippen LogP contribution in [-0.4, -0.2) is 51.9 Å². The molecule has 1 atom stereocenters. The normalized spacial score (nSPS) is 17.8.